The predicted octanol–water partition coefficient (Wildman–Crippen LogP) is 2.32. The lowest BCUT2D eigenvalue weighted by Crippen LogP contribution is -2.14. The van der Waals surface area contributed by atoms with E-state index >= 15 is 0 Å². The van der Waals surface area contributed by atoms with E-state index < -0.39 is 5.97 Å². The second kappa shape index (κ2) is 8.41. The average Bonchev–Trinajstić information content (AvgIpc) is 3.16. The zero-order chi connectivity index (χ0) is 19.2. The quantitative estimate of drug-likeness (QED) is 0.512. The lowest BCUT2D eigenvalue weighted by Gasteiger charge is -2.06. The Morgan fingerprint density at radius 1 is 1.15 bits per heavy atom. The van der Waals surface area contributed by atoms with Crippen molar-refractivity contribution in [2.45, 2.75) is 5.16 Å². The summed E-state index contributed by atoms with van der Waals surface area (Å²) < 4.78 is 19.0. The van der Waals surface area contributed by atoms with Crippen molar-refractivity contribution in [2.24, 2.45) is 0 Å². The maximum Gasteiger partial charge on any atom is 0.337 e. The van der Waals surface area contributed by atoms with Crippen LogP contribution in [0.4, 0.5) is 10.1 Å². The van der Waals surface area contributed by atoms with Gasteiger partial charge < -0.3 is 10.1 Å². The molecule has 1 N–H and O–H groups in total. The zero-order valence-corrected chi connectivity index (χ0v) is 14.9. The highest BCUT2D eigenvalue weighted by Crippen LogP contribution is 2.19. The molecule has 0 saturated heterocycles. The van der Waals surface area contributed by atoms with E-state index in [1.165, 1.54) is 36.1 Å². The third-order valence-corrected chi connectivity index (χ3v) is 4.35. The molecule has 1 aromatic heterocycles. The second-order valence-corrected chi connectivity index (χ2v) is 6.20. The first-order chi connectivity index (χ1) is 13.1. The van der Waals surface area contributed by atoms with Gasteiger partial charge in [0.05, 0.1) is 24.1 Å². The van der Waals surface area contributed by atoms with Crippen LogP contribution in [-0.4, -0.2) is 44.9 Å². The standard InChI is InChI=1S/C17H14FN5O3S/c1-26-16(25)11-2-8-14(9-3-11)23-17(20-21-22-23)27-10-15(24)19-13-6-4-12(18)5-7-13/h2-9H,10H2,1H3,(H,19,24). The van der Waals surface area contributed by atoms with E-state index in [1.54, 1.807) is 24.3 Å². The van der Waals surface area contributed by atoms with Gasteiger partial charge in [0.2, 0.25) is 11.1 Å². The molecular weight excluding hydrogens is 373 g/mol. The number of ether oxygens (including phenoxy) is 1. The van der Waals surface area contributed by atoms with Crippen molar-refractivity contribution in [3.63, 3.8) is 0 Å². The number of rotatable bonds is 6. The smallest absolute Gasteiger partial charge is 0.337 e. The number of carbonyl (C=O) groups is 2. The van der Waals surface area contributed by atoms with E-state index in [9.17, 15) is 14.0 Å². The van der Waals surface area contributed by atoms with Crippen LogP contribution in [0, 0.1) is 5.82 Å². The van der Waals surface area contributed by atoms with Crippen molar-refractivity contribution in [3.05, 3.63) is 59.9 Å². The Balaban J connectivity index is 1.64. The highest BCUT2D eigenvalue weighted by molar-refractivity contribution is 7.99. The molecule has 1 amide bonds. The number of halogens is 1. The van der Waals surface area contributed by atoms with Gasteiger partial charge in [0, 0.05) is 5.69 Å². The fraction of sp³-hybridized carbons (Fsp3) is 0.118. The molecule has 3 rings (SSSR count). The van der Waals surface area contributed by atoms with Gasteiger partial charge in [-0.3, -0.25) is 4.79 Å². The van der Waals surface area contributed by atoms with Gasteiger partial charge in [0.1, 0.15) is 5.82 Å². The Hall–Kier alpha value is -3.27. The molecule has 0 unspecified atom stereocenters. The van der Waals surface area contributed by atoms with Gasteiger partial charge in [-0.2, -0.15) is 4.68 Å². The van der Waals surface area contributed by atoms with Gasteiger partial charge >= 0.3 is 5.97 Å². The Morgan fingerprint density at radius 3 is 2.52 bits per heavy atom. The number of benzene rings is 2. The maximum absolute atomic E-state index is 12.9. The minimum Gasteiger partial charge on any atom is -0.465 e. The van der Waals surface area contributed by atoms with Crippen LogP contribution in [0.3, 0.4) is 0 Å². The molecule has 0 aliphatic heterocycles. The molecule has 3 aromatic rings. The van der Waals surface area contributed by atoms with Gasteiger partial charge in [-0.1, -0.05) is 11.8 Å². The van der Waals surface area contributed by atoms with Crippen molar-refractivity contribution >= 4 is 29.3 Å². The van der Waals surface area contributed by atoms with Gasteiger partial charge in [0.15, 0.2) is 0 Å². The highest BCUT2D eigenvalue weighted by Gasteiger charge is 2.13. The van der Waals surface area contributed by atoms with Crippen molar-refractivity contribution in [2.75, 3.05) is 18.2 Å². The molecule has 0 aliphatic carbocycles. The van der Waals surface area contributed by atoms with Crippen molar-refractivity contribution in [1.29, 1.82) is 0 Å². The van der Waals surface area contributed by atoms with E-state index in [4.69, 9.17) is 0 Å². The third-order valence-electron chi connectivity index (χ3n) is 3.43. The summed E-state index contributed by atoms with van der Waals surface area (Å²) in [6, 6.07) is 12.0. The zero-order valence-electron chi connectivity index (χ0n) is 14.1. The van der Waals surface area contributed by atoms with Crippen LogP contribution in [0.5, 0.6) is 0 Å². The van der Waals surface area contributed by atoms with Gasteiger partial charge in [0.25, 0.3) is 0 Å². The van der Waals surface area contributed by atoms with E-state index in [0.29, 0.717) is 22.1 Å². The lowest BCUT2D eigenvalue weighted by molar-refractivity contribution is -0.113. The number of thioether (sulfide) groups is 1. The summed E-state index contributed by atoms with van der Waals surface area (Å²) in [6.45, 7) is 0. The number of esters is 1. The minimum absolute atomic E-state index is 0.0675. The highest BCUT2D eigenvalue weighted by atomic mass is 32.2. The minimum atomic E-state index is -0.440. The molecule has 0 spiro atoms. The number of carbonyl (C=O) groups excluding carboxylic acids is 2. The monoisotopic (exact) mass is 387 g/mol. The van der Waals surface area contributed by atoms with Crippen molar-refractivity contribution < 1.29 is 18.7 Å². The van der Waals surface area contributed by atoms with E-state index in [2.05, 4.69) is 25.6 Å². The van der Waals surface area contributed by atoms with Crippen molar-refractivity contribution in [3.8, 4) is 5.69 Å². The maximum atomic E-state index is 12.9. The largest absolute Gasteiger partial charge is 0.465 e. The summed E-state index contributed by atoms with van der Waals surface area (Å²) in [5.41, 5.74) is 1.54. The summed E-state index contributed by atoms with van der Waals surface area (Å²) in [5, 5.41) is 14.5. The fourth-order valence-corrected chi connectivity index (χ4v) is 2.84. The summed E-state index contributed by atoms with van der Waals surface area (Å²) in [6.07, 6.45) is 0. The molecule has 0 atom stereocenters. The van der Waals surface area contributed by atoms with Crippen molar-refractivity contribution in [1.82, 2.24) is 20.2 Å². The van der Waals surface area contributed by atoms with E-state index in [0.717, 1.165) is 11.8 Å². The van der Waals surface area contributed by atoms with E-state index in [1.807, 2.05) is 0 Å². The number of hydrogen-bond acceptors (Lipinski definition) is 7. The summed E-state index contributed by atoms with van der Waals surface area (Å²) in [7, 11) is 1.31. The summed E-state index contributed by atoms with van der Waals surface area (Å²) >= 11 is 1.14. The van der Waals surface area contributed by atoms with Crippen LogP contribution in [0.25, 0.3) is 5.69 Å². The molecule has 0 bridgehead atoms. The van der Waals surface area contributed by atoms with Crippen LogP contribution < -0.4 is 5.32 Å². The molecule has 138 valence electrons. The SMILES string of the molecule is COC(=O)c1ccc(-n2nnnc2SCC(=O)Nc2ccc(F)cc2)cc1. The molecule has 0 aliphatic rings. The first-order valence-corrected chi connectivity index (χ1v) is 8.71. The fourth-order valence-electron chi connectivity index (χ4n) is 2.15. The number of anilines is 1. The van der Waals surface area contributed by atoms with Crippen LogP contribution in [0.15, 0.2) is 53.7 Å². The number of methoxy groups -OCH3 is 1. The predicted molar refractivity (Wildman–Crippen MR) is 96.2 cm³/mol. The number of tetrazole rings is 1. The third kappa shape index (κ3) is 4.67. The number of aromatic nitrogens is 4. The molecule has 8 nitrogen and oxygen atoms in total. The molecular formula is C17H14FN5O3S. The van der Waals surface area contributed by atoms with E-state index in [-0.39, 0.29) is 17.5 Å². The number of nitrogens with one attached hydrogen (secondary N) is 1. The topological polar surface area (TPSA) is 99.0 Å². The molecule has 2 aromatic carbocycles. The Labute approximate surface area is 157 Å². The Kier molecular flexibility index (Phi) is 5.77. The molecule has 10 heteroatoms. The molecule has 0 radical (unpaired) electrons. The molecule has 0 saturated carbocycles. The van der Waals surface area contributed by atoms with Crippen LogP contribution in [0.1, 0.15) is 10.4 Å². The first kappa shape index (κ1) is 18.5. The van der Waals surface area contributed by atoms with Crippen LogP contribution >= 0.6 is 11.8 Å². The van der Waals surface area contributed by atoms with Gasteiger partial charge in [-0.05, 0) is 59.0 Å². The first-order valence-electron chi connectivity index (χ1n) is 7.72. The van der Waals surface area contributed by atoms with Crippen LogP contribution in [-0.2, 0) is 9.53 Å². The molecule has 27 heavy (non-hydrogen) atoms. The lowest BCUT2D eigenvalue weighted by atomic mass is 10.2. The summed E-state index contributed by atoms with van der Waals surface area (Å²) in [4.78, 5) is 23.5. The van der Waals surface area contributed by atoms with Gasteiger partial charge in [-0.25, -0.2) is 9.18 Å². The average molecular weight is 387 g/mol. The molecule has 1 heterocycles. The number of nitrogens with zero attached hydrogens (tertiary/aromatic N) is 4. The Bertz CT molecular complexity index is 944. The Morgan fingerprint density at radius 2 is 1.85 bits per heavy atom. The number of hydrogen-bond donors (Lipinski definition) is 1. The second-order valence-electron chi connectivity index (χ2n) is 5.26. The van der Waals surface area contributed by atoms with Crippen LogP contribution in [0.2, 0.25) is 0 Å². The molecule has 0 fully saturated rings. The summed E-state index contributed by atoms with van der Waals surface area (Å²) in [5.74, 6) is -1.02. The van der Waals surface area contributed by atoms with Gasteiger partial charge in [-0.15, -0.1) is 5.10 Å². The number of amides is 1. The normalized spacial score (nSPS) is 10.4.